The number of anilines is 2. The molecule has 172 valence electrons. The van der Waals surface area contributed by atoms with Gasteiger partial charge in [0.2, 0.25) is 19.7 Å². The molecule has 4 rings (SSSR count). The molecule has 9 heteroatoms. The van der Waals surface area contributed by atoms with Gasteiger partial charge >= 0.3 is 0 Å². The lowest BCUT2D eigenvalue weighted by Gasteiger charge is -2.28. The van der Waals surface area contributed by atoms with Crippen LogP contribution in [-0.4, -0.2) is 34.9 Å². The Balaban J connectivity index is 1.69. The van der Waals surface area contributed by atoms with E-state index in [2.05, 4.69) is 15.2 Å². The molecule has 0 atom stereocenters. The van der Waals surface area contributed by atoms with Gasteiger partial charge < -0.3 is 10.2 Å². The molecule has 1 aromatic heterocycles. The molecular weight excluding hydrogens is 458 g/mol. The number of rotatable bonds is 7. The molecule has 0 amide bonds. The van der Waals surface area contributed by atoms with Crippen LogP contribution in [0, 0.1) is 0 Å². The Bertz CT molecular complexity index is 1250. The van der Waals surface area contributed by atoms with Gasteiger partial charge in [0.1, 0.15) is 5.82 Å². The number of hydrogen-bond acceptors (Lipinski definition) is 7. The zero-order valence-corrected chi connectivity index (χ0v) is 19.6. The summed E-state index contributed by atoms with van der Waals surface area (Å²) < 4.78 is 52.5. The number of pyridine rings is 1. The van der Waals surface area contributed by atoms with Crippen LogP contribution in [0.5, 0.6) is 0 Å². The van der Waals surface area contributed by atoms with Gasteiger partial charge in [0.25, 0.3) is 0 Å². The first-order valence-corrected chi connectivity index (χ1v) is 13.6. The molecule has 1 saturated heterocycles. The molecule has 0 aliphatic carbocycles. The van der Waals surface area contributed by atoms with Gasteiger partial charge in [-0.2, -0.15) is 0 Å². The van der Waals surface area contributed by atoms with Crippen LogP contribution in [-0.2, 0) is 19.7 Å². The third kappa shape index (κ3) is 5.09. The Morgan fingerprint density at radius 3 is 1.79 bits per heavy atom. The van der Waals surface area contributed by atoms with E-state index < -0.39 is 23.9 Å². The normalized spacial score (nSPS) is 14.5. The van der Waals surface area contributed by atoms with E-state index in [1.54, 1.807) is 48.7 Å². The maximum atomic E-state index is 13.3. The van der Waals surface area contributed by atoms with Gasteiger partial charge in [-0.05, 0) is 55.7 Å². The highest BCUT2D eigenvalue weighted by Crippen LogP contribution is 2.29. The summed E-state index contributed by atoms with van der Waals surface area (Å²) in [5.74, 6) is 0.347. The van der Waals surface area contributed by atoms with E-state index in [9.17, 15) is 16.8 Å². The molecule has 0 bridgehead atoms. The van der Waals surface area contributed by atoms with Crippen molar-refractivity contribution in [3.05, 3.63) is 89.4 Å². The zero-order valence-electron chi connectivity index (χ0n) is 18.0. The first-order valence-electron chi connectivity index (χ1n) is 10.7. The molecule has 2 aromatic carbocycles. The van der Waals surface area contributed by atoms with Crippen LogP contribution in [0.3, 0.4) is 0 Å². The number of hydrogen-bond donors (Lipinski definition) is 1. The second-order valence-electron chi connectivity index (χ2n) is 7.69. The summed E-state index contributed by atoms with van der Waals surface area (Å²) in [4.78, 5) is 6.39. The van der Waals surface area contributed by atoms with E-state index in [0.717, 1.165) is 37.8 Å². The van der Waals surface area contributed by atoms with Gasteiger partial charge in [-0.1, -0.05) is 36.4 Å². The fourth-order valence-corrected chi connectivity index (χ4v) is 7.33. The highest BCUT2D eigenvalue weighted by atomic mass is 32.3. The summed E-state index contributed by atoms with van der Waals surface area (Å²) in [5, 5.41) is 2.78. The summed E-state index contributed by atoms with van der Waals surface area (Å²) in [6.45, 7) is 1.95. The highest BCUT2D eigenvalue weighted by Gasteiger charge is 2.33. The van der Waals surface area contributed by atoms with Crippen molar-refractivity contribution in [1.29, 1.82) is 0 Å². The van der Waals surface area contributed by atoms with Gasteiger partial charge in [0, 0.05) is 19.3 Å². The summed E-state index contributed by atoms with van der Waals surface area (Å²) in [6.07, 6.45) is 6.22. The number of aromatic nitrogens is 1. The van der Waals surface area contributed by atoms with E-state index in [-0.39, 0.29) is 9.79 Å². The Morgan fingerprint density at radius 2 is 1.30 bits per heavy atom. The van der Waals surface area contributed by atoms with Crippen LogP contribution in [0.15, 0.2) is 99.2 Å². The molecule has 3 aromatic rings. The van der Waals surface area contributed by atoms with E-state index in [0.29, 0.717) is 5.82 Å². The quantitative estimate of drug-likeness (QED) is 0.537. The van der Waals surface area contributed by atoms with Crippen molar-refractivity contribution in [3.63, 3.8) is 0 Å². The molecule has 0 saturated carbocycles. The SMILES string of the molecule is O=S(=O)(C(=CNc1ccc(N2CCCCC2)cn1)S(=O)(=O)c1ccccc1)c1ccccc1. The molecule has 1 fully saturated rings. The Kier molecular flexibility index (Phi) is 6.80. The number of benzene rings is 2. The monoisotopic (exact) mass is 483 g/mol. The van der Waals surface area contributed by atoms with Gasteiger partial charge in [0.15, 0.2) is 4.24 Å². The number of nitrogens with one attached hydrogen (secondary N) is 1. The van der Waals surface area contributed by atoms with Gasteiger partial charge in [-0.15, -0.1) is 0 Å². The van der Waals surface area contributed by atoms with Crippen LogP contribution in [0.25, 0.3) is 0 Å². The standard InChI is InChI=1S/C24H25N3O4S2/c28-32(29,21-10-4-1-5-11-21)24(33(30,31)22-12-6-2-7-13-22)19-26-23-15-14-20(18-25-23)27-16-8-3-9-17-27/h1-2,4-7,10-15,18-19H,3,8-9,16-17H2,(H,25,26). The van der Waals surface area contributed by atoms with Crippen LogP contribution >= 0.6 is 0 Å². The predicted octanol–water partition coefficient (Wildman–Crippen LogP) is 4.23. The van der Waals surface area contributed by atoms with Crippen molar-refractivity contribution in [3.8, 4) is 0 Å². The Hall–Kier alpha value is -3.17. The lowest BCUT2D eigenvalue weighted by atomic mass is 10.1. The molecule has 1 aliphatic rings. The van der Waals surface area contributed by atoms with Crippen LogP contribution in [0.1, 0.15) is 19.3 Å². The van der Waals surface area contributed by atoms with Crippen molar-refractivity contribution < 1.29 is 16.8 Å². The van der Waals surface area contributed by atoms with Gasteiger partial charge in [-0.3, -0.25) is 0 Å². The Labute approximate surface area is 194 Å². The summed E-state index contributed by atoms with van der Waals surface area (Å²) in [7, 11) is -8.66. The maximum Gasteiger partial charge on any atom is 0.219 e. The van der Waals surface area contributed by atoms with Crippen LogP contribution < -0.4 is 10.2 Å². The Morgan fingerprint density at radius 1 is 0.758 bits per heavy atom. The average Bonchev–Trinajstić information content (AvgIpc) is 2.86. The summed E-state index contributed by atoms with van der Waals surface area (Å²) in [6, 6.07) is 18.6. The van der Waals surface area contributed by atoms with Crippen LogP contribution in [0.2, 0.25) is 0 Å². The molecule has 1 aliphatic heterocycles. The molecule has 7 nitrogen and oxygen atoms in total. The third-order valence-electron chi connectivity index (χ3n) is 5.44. The first kappa shape index (κ1) is 23.0. The lowest BCUT2D eigenvalue weighted by molar-refractivity contribution is 0.577. The fourth-order valence-electron chi connectivity index (χ4n) is 3.67. The number of sulfone groups is 2. The smallest absolute Gasteiger partial charge is 0.219 e. The second-order valence-corrected chi connectivity index (χ2v) is 11.8. The minimum atomic E-state index is -4.33. The van der Waals surface area contributed by atoms with Gasteiger partial charge in [-0.25, -0.2) is 21.8 Å². The molecule has 0 unspecified atom stereocenters. The molecule has 0 radical (unpaired) electrons. The highest BCUT2D eigenvalue weighted by molar-refractivity contribution is 8.14. The molecule has 0 spiro atoms. The van der Waals surface area contributed by atoms with E-state index in [4.69, 9.17) is 0 Å². The molecular formula is C24H25N3O4S2. The fraction of sp³-hybridized carbons (Fsp3) is 0.208. The van der Waals surface area contributed by atoms with E-state index in [1.165, 1.54) is 30.7 Å². The molecule has 33 heavy (non-hydrogen) atoms. The minimum absolute atomic E-state index is 0.106. The maximum absolute atomic E-state index is 13.3. The molecule has 2 heterocycles. The number of piperidine rings is 1. The average molecular weight is 484 g/mol. The van der Waals surface area contributed by atoms with Gasteiger partial charge in [0.05, 0.1) is 21.7 Å². The van der Waals surface area contributed by atoms with Crippen molar-refractivity contribution in [2.75, 3.05) is 23.3 Å². The predicted molar refractivity (Wildman–Crippen MR) is 129 cm³/mol. The number of nitrogens with zero attached hydrogens (tertiary/aromatic N) is 2. The van der Waals surface area contributed by atoms with Crippen molar-refractivity contribution >= 4 is 31.2 Å². The van der Waals surface area contributed by atoms with Crippen molar-refractivity contribution in [1.82, 2.24) is 4.98 Å². The zero-order chi connectivity index (χ0) is 23.3. The topological polar surface area (TPSA) is 96.4 Å². The van der Waals surface area contributed by atoms with Crippen LogP contribution in [0.4, 0.5) is 11.5 Å². The summed E-state index contributed by atoms with van der Waals surface area (Å²) >= 11 is 0. The molecule has 1 N–H and O–H groups in total. The third-order valence-corrected chi connectivity index (χ3v) is 9.84. The van der Waals surface area contributed by atoms with E-state index in [1.807, 2.05) is 6.07 Å². The lowest BCUT2D eigenvalue weighted by Crippen LogP contribution is -2.29. The minimum Gasteiger partial charge on any atom is -0.370 e. The summed E-state index contributed by atoms with van der Waals surface area (Å²) in [5.41, 5.74) is 0.985. The largest absolute Gasteiger partial charge is 0.370 e. The second kappa shape index (κ2) is 9.76. The van der Waals surface area contributed by atoms with Crippen molar-refractivity contribution in [2.45, 2.75) is 29.1 Å². The first-order chi connectivity index (χ1) is 15.9. The van der Waals surface area contributed by atoms with Crippen molar-refractivity contribution in [2.24, 2.45) is 0 Å². The van der Waals surface area contributed by atoms with E-state index >= 15 is 0 Å².